The van der Waals surface area contributed by atoms with Gasteiger partial charge in [-0.25, -0.2) is 9.48 Å². The molecule has 0 bridgehead atoms. The molecule has 2 N–H and O–H groups in total. The molecule has 12 heteroatoms. The summed E-state index contributed by atoms with van der Waals surface area (Å²) in [6.45, 7) is 4.03. The van der Waals surface area contributed by atoms with Crippen molar-refractivity contribution >= 4 is 45.4 Å². The monoisotopic (exact) mass is 538 g/mol. The normalized spacial score (nSPS) is 21.3. The molecule has 2 aliphatic rings. The number of ether oxygens (including phenoxy) is 1. The standard InChI is InChI=1S/C24H25F3N4O3S2/c1-3-34-23(33)20-13-7-6-12(2)9-17(13)36-22(20)29-21(32)15-11-19-28-14(16-5-4-8-35-16)10-18(24(25,26)27)31(19)30-15/h4-5,8,11-12,14,18,28H,3,6-7,9-10H2,1-2H3,(H,29,32)/t12-,14-,18+/m1/s1. The van der Waals surface area contributed by atoms with Gasteiger partial charge in [-0.15, -0.1) is 22.7 Å². The minimum atomic E-state index is -4.54. The summed E-state index contributed by atoms with van der Waals surface area (Å²) in [5.41, 5.74) is 1.06. The summed E-state index contributed by atoms with van der Waals surface area (Å²) in [5.74, 6) is -0.612. The van der Waals surface area contributed by atoms with E-state index in [0.29, 0.717) is 22.9 Å². The number of hydrogen-bond acceptors (Lipinski definition) is 7. The number of thiophene rings is 2. The lowest BCUT2D eigenvalue weighted by Gasteiger charge is -2.32. The number of carbonyl (C=O) groups excluding carboxylic acids is 2. The molecular formula is C24H25F3N4O3S2. The van der Waals surface area contributed by atoms with Crippen molar-refractivity contribution in [2.24, 2.45) is 5.92 Å². The minimum absolute atomic E-state index is 0.122. The number of rotatable bonds is 5. The lowest BCUT2D eigenvalue weighted by Crippen LogP contribution is -2.35. The third kappa shape index (κ3) is 4.63. The maximum absolute atomic E-state index is 13.9. The molecule has 3 aromatic heterocycles. The lowest BCUT2D eigenvalue weighted by molar-refractivity contribution is -0.173. The number of nitrogens with one attached hydrogen (secondary N) is 2. The second-order valence-electron chi connectivity index (χ2n) is 9.10. The van der Waals surface area contributed by atoms with Gasteiger partial charge in [0.1, 0.15) is 10.8 Å². The molecule has 3 atom stereocenters. The van der Waals surface area contributed by atoms with Gasteiger partial charge in [0.2, 0.25) is 0 Å². The fourth-order valence-corrected chi connectivity index (χ4v) is 6.97. The van der Waals surface area contributed by atoms with Crippen molar-refractivity contribution in [3.63, 3.8) is 0 Å². The minimum Gasteiger partial charge on any atom is -0.462 e. The van der Waals surface area contributed by atoms with Crippen molar-refractivity contribution < 1.29 is 27.5 Å². The van der Waals surface area contributed by atoms with E-state index in [2.05, 4.69) is 22.7 Å². The predicted octanol–water partition coefficient (Wildman–Crippen LogP) is 6.22. The van der Waals surface area contributed by atoms with Crippen LogP contribution in [0.4, 0.5) is 24.0 Å². The van der Waals surface area contributed by atoms with Gasteiger partial charge in [-0.3, -0.25) is 4.79 Å². The number of anilines is 2. The van der Waals surface area contributed by atoms with E-state index >= 15 is 0 Å². The third-order valence-electron chi connectivity index (χ3n) is 6.53. The number of nitrogens with zero attached hydrogens (tertiary/aromatic N) is 2. The highest BCUT2D eigenvalue weighted by atomic mass is 32.1. The van der Waals surface area contributed by atoms with Crippen LogP contribution in [0.3, 0.4) is 0 Å². The molecule has 192 valence electrons. The van der Waals surface area contributed by atoms with Crippen molar-refractivity contribution in [1.29, 1.82) is 0 Å². The molecule has 1 aliphatic heterocycles. The van der Waals surface area contributed by atoms with E-state index in [1.807, 2.05) is 5.38 Å². The van der Waals surface area contributed by atoms with Crippen LogP contribution in [0, 0.1) is 5.92 Å². The number of halogens is 3. The van der Waals surface area contributed by atoms with E-state index in [4.69, 9.17) is 4.74 Å². The first-order chi connectivity index (χ1) is 17.2. The Balaban J connectivity index is 1.46. The van der Waals surface area contributed by atoms with E-state index in [0.717, 1.165) is 32.8 Å². The molecule has 0 saturated heterocycles. The van der Waals surface area contributed by atoms with Crippen molar-refractivity contribution in [3.05, 3.63) is 50.2 Å². The average molecular weight is 539 g/mol. The first-order valence-corrected chi connectivity index (χ1v) is 13.4. The summed E-state index contributed by atoms with van der Waals surface area (Å²) >= 11 is 2.69. The number of alkyl halides is 3. The number of esters is 1. The van der Waals surface area contributed by atoms with Crippen molar-refractivity contribution in [3.8, 4) is 0 Å². The Kier molecular flexibility index (Phi) is 6.58. The van der Waals surface area contributed by atoms with Gasteiger partial charge in [-0.05, 0) is 49.1 Å². The first kappa shape index (κ1) is 24.8. The maximum atomic E-state index is 13.9. The van der Waals surface area contributed by atoms with Gasteiger partial charge in [-0.2, -0.15) is 18.3 Å². The summed E-state index contributed by atoms with van der Waals surface area (Å²) < 4.78 is 47.9. The molecule has 0 spiro atoms. The van der Waals surface area contributed by atoms with Gasteiger partial charge in [0.05, 0.1) is 18.2 Å². The van der Waals surface area contributed by atoms with Gasteiger partial charge in [-0.1, -0.05) is 13.0 Å². The van der Waals surface area contributed by atoms with Crippen LogP contribution < -0.4 is 10.6 Å². The molecule has 3 aromatic rings. The van der Waals surface area contributed by atoms with Gasteiger partial charge < -0.3 is 15.4 Å². The Morgan fingerprint density at radius 2 is 2.17 bits per heavy atom. The molecule has 0 aromatic carbocycles. The van der Waals surface area contributed by atoms with Crippen LogP contribution in [0.5, 0.6) is 0 Å². The summed E-state index contributed by atoms with van der Waals surface area (Å²) in [7, 11) is 0. The van der Waals surface area contributed by atoms with E-state index in [1.165, 1.54) is 28.7 Å². The average Bonchev–Trinajstić information content (AvgIpc) is 3.55. The zero-order valence-electron chi connectivity index (χ0n) is 19.6. The number of fused-ring (bicyclic) bond motifs is 2. The predicted molar refractivity (Wildman–Crippen MR) is 132 cm³/mol. The van der Waals surface area contributed by atoms with E-state index in [9.17, 15) is 22.8 Å². The second kappa shape index (κ2) is 9.55. The van der Waals surface area contributed by atoms with Crippen LogP contribution >= 0.6 is 22.7 Å². The van der Waals surface area contributed by atoms with Gasteiger partial charge >= 0.3 is 12.1 Å². The molecule has 0 unspecified atom stereocenters. The van der Waals surface area contributed by atoms with Gasteiger partial charge in [0.25, 0.3) is 5.91 Å². The van der Waals surface area contributed by atoms with E-state index in [-0.39, 0.29) is 24.5 Å². The van der Waals surface area contributed by atoms with Crippen molar-refractivity contribution in [1.82, 2.24) is 9.78 Å². The zero-order chi connectivity index (χ0) is 25.6. The van der Waals surface area contributed by atoms with Crippen LogP contribution in [0.1, 0.15) is 74.9 Å². The number of hydrogen-bond donors (Lipinski definition) is 2. The molecule has 1 aliphatic carbocycles. The number of aromatic nitrogens is 2. The second-order valence-corrected chi connectivity index (χ2v) is 11.2. The molecule has 0 saturated carbocycles. The molecule has 7 nitrogen and oxygen atoms in total. The largest absolute Gasteiger partial charge is 0.462 e. The Labute approximate surface area is 213 Å². The Bertz CT molecular complexity index is 1280. The molecular weight excluding hydrogens is 513 g/mol. The van der Waals surface area contributed by atoms with Gasteiger partial charge in [0.15, 0.2) is 11.7 Å². The van der Waals surface area contributed by atoms with Crippen LogP contribution in [0.2, 0.25) is 0 Å². The molecule has 1 amide bonds. The summed E-state index contributed by atoms with van der Waals surface area (Å²) in [6.07, 6.45) is -2.35. The van der Waals surface area contributed by atoms with Crippen LogP contribution in [0.25, 0.3) is 0 Å². The maximum Gasteiger partial charge on any atom is 0.410 e. The highest BCUT2D eigenvalue weighted by Crippen LogP contribution is 2.45. The topological polar surface area (TPSA) is 85.2 Å². The lowest BCUT2D eigenvalue weighted by atomic mass is 9.88. The fraction of sp³-hybridized carbons (Fsp3) is 0.458. The third-order valence-corrected chi connectivity index (χ3v) is 8.68. The smallest absolute Gasteiger partial charge is 0.410 e. The Hall–Kier alpha value is -2.86. The van der Waals surface area contributed by atoms with Crippen LogP contribution in [-0.2, 0) is 17.6 Å². The number of carbonyl (C=O) groups is 2. The summed E-state index contributed by atoms with van der Waals surface area (Å²) in [5, 5.41) is 12.0. The molecule has 0 radical (unpaired) electrons. The molecule has 4 heterocycles. The summed E-state index contributed by atoms with van der Waals surface area (Å²) in [6, 6.07) is 2.49. The number of amides is 1. The van der Waals surface area contributed by atoms with E-state index < -0.39 is 30.1 Å². The highest BCUT2D eigenvalue weighted by molar-refractivity contribution is 7.17. The zero-order valence-corrected chi connectivity index (χ0v) is 21.3. The van der Waals surface area contributed by atoms with Gasteiger partial charge in [0, 0.05) is 22.2 Å². The summed E-state index contributed by atoms with van der Waals surface area (Å²) in [4.78, 5) is 27.7. The Morgan fingerprint density at radius 1 is 1.36 bits per heavy atom. The quantitative estimate of drug-likeness (QED) is 0.377. The fourth-order valence-electron chi connectivity index (χ4n) is 4.79. The van der Waals surface area contributed by atoms with Crippen molar-refractivity contribution in [2.45, 2.75) is 57.8 Å². The van der Waals surface area contributed by atoms with E-state index in [1.54, 1.807) is 19.1 Å². The molecule has 0 fully saturated rings. The van der Waals surface area contributed by atoms with Crippen molar-refractivity contribution in [2.75, 3.05) is 17.2 Å². The van der Waals surface area contributed by atoms with Crippen LogP contribution in [-0.4, -0.2) is 34.4 Å². The Morgan fingerprint density at radius 3 is 2.86 bits per heavy atom. The molecule has 36 heavy (non-hydrogen) atoms. The molecule has 5 rings (SSSR count). The first-order valence-electron chi connectivity index (χ1n) is 11.7. The SMILES string of the molecule is CCOC(=O)c1c(NC(=O)c2cc3n(n2)[C@H](C(F)(F)F)C[C@H](c2cccs2)N3)sc2c1CC[C@@H](C)C2. The highest BCUT2D eigenvalue weighted by Gasteiger charge is 2.47. The van der Waals surface area contributed by atoms with Crippen LogP contribution in [0.15, 0.2) is 23.6 Å².